The summed E-state index contributed by atoms with van der Waals surface area (Å²) in [6, 6.07) is 7.49. The maximum atomic E-state index is 10.8. The van der Waals surface area contributed by atoms with Gasteiger partial charge in [-0.25, -0.2) is 13.1 Å². The smallest absolute Gasteiger partial charge is 0.208 e. The first-order chi connectivity index (χ1) is 7.42. The Balaban J connectivity index is 2.62. The monoisotopic (exact) mass is 243 g/mol. The molecule has 1 rings (SSSR count). The van der Waals surface area contributed by atoms with Crippen molar-refractivity contribution in [3.8, 4) is 0 Å². The van der Waals surface area contributed by atoms with E-state index in [4.69, 9.17) is 0 Å². The summed E-state index contributed by atoms with van der Waals surface area (Å²) in [5.41, 5.74) is 1.90. The molecule has 1 aromatic carbocycles. The molecule has 1 unspecified atom stereocenters. The maximum absolute atomic E-state index is 10.8. The fraction of sp³-hybridized carbons (Fsp3) is 0.455. The van der Waals surface area contributed by atoms with Gasteiger partial charge in [-0.15, -0.1) is 0 Å². The molecule has 90 valence electrons. The van der Waals surface area contributed by atoms with Crippen LogP contribution in [0.15, 0.2) is 24.3 Å². The van der Waals surface area contributed by atoms with Crippen LogP contribution >= 0.6 is 0 Å². The highest BCUT2D eigenvalue weighted by Gasteiger charge is 2.09. The van der Waals surface area contributed by atoms with Gasteiger partial charge in [0, 0.05) is 6.54 Å². The molecule has 0 aliphatic heterocycles. The van der Waals surface area contributed by atoms with Crippen molar-refractivity contribution in [2.24, 2.45) is 0 Å². The van der Waals surface area contributed by atoms with E-state index in [-0.39, 0.29) is 6.54 Å². The molecule has 0 fully saturated rings. The van der Waals surface area contributed by atoms with Gasteiger partial charge in [0.25, 0.3) is 0 Å². The predicted octanol–water partition coefficient (Wildman–Crippen LogP) is 0.832. The Hall–Kier alpha value is -0.910. The van der Waals surface area contributed by atoms with E-state index >= 15 is 0 Å². The third-order valence-corrected chi connectivity index (χ3v) is 3.00. The van der Waals surface area contributed by atoms with Crippen LogP contribution in [-0.2, 0) is 16.4 Å². The van der Waals surface area contributed by atoms with Crippen LogP contribution in [-0.4, -0.2) is 26.3 Å². The fourth-order valence-corrected chi connectivity index (χ4v) is 1.78. The number of aliphatic hydroxyl groups is 1. The molecule has 0 radical (unpaired) electrons. The van der Waals surface area contributed by atoms with Crippen molar-refractivity contribution in [2.75, 3.05) is 12.8 Å². The highest BCUT2D eigenvalue weighted by molar-refractivity contribution is 7.88. The van der Waals surface area contributed by atoms with E-state index in [9.17, 15) is 13.5 Å². The molecule has 0 heterocycles. The van der Waals surface area contributed by atoms with Crippen molar-refractivity contribution in [3.05, 3.63) is 35.4 Å². The van der Waals surface area contributed by atoms with Crippen LogP contribution in [0.3, 0.4) is 0 Å². The lowest BCUT2D eigenvalue weighted by Gasteiger charge is -2.11. The number of sulfonamides is 1. The van der Waals surface area contributed by atoms with Crippen molar-refractivity contribution in [2.45, 2.75) is 19.4 Å². The number of hydrogen-bond acceptors (Lipinski definition) is 3. The summed E-state index contributed by atoms with van der Waals surface area (Å²) in [4.78, 5) is 0. The van der Waals surface area contributed by atoms with Crippen molar-refractivity contribution >= 4 is 10.0 Å². The van der Waals surface area contributed by atoms with Gasteiger partial charge in [0.15, 0.2) is 0 Å². The molecule has 16 heavy (non-hydrogen) atoms. The Kier molecular flexibility index (Phi) is 4.46. The lowest BCUT2D eigenvalue weighted by molar-refractivity contribution is 0.182. The van der Waals surface area contributed by atoms with Gasteiger partial charge in [0.1, 0.15) is 0 Å². The first-order valence-corrected chi connectivity index (χ1v) is 7.03. The average molecular weight is 243 g/mol. The molecule has 0 aromatic heterocycles. The molecule has 0 spiro atoms. The lowest BCUT2D eigenvalue weighted by Crippen LogP contribution is -2.27. The van der Waals surface area contributed by atoms with Crippen molar-refractivity contribution in [1.82, 2.24) is 4.72 Å². The largest absolute Gasteiger partial charge is 0.387 e. The number of aliphatic hydroxyl groups excluding tert-OH is 1. The van der Waals surface area contributed by atoms with E-state index in [1.54, 1.807) is 0 Å². The second-order valence-corrected chi connectivity index (χ2v) is 5.56. The molecule has 1 atom stereocenters. The number of rotatable bonds is 5. The van der Waals surface area contributed by atoms with E-state index in [0.717, 1.165) is 12.7 Å². The standard InChI is InChI=1S/C11H17NO3S/c1-3-9-4-6-10(7-5-9)11(13)8-12-16(2,14)15/h4-7,11-13H,3,8H2,1-2H3. The Labute approximate surface area is 96.4 Å². The number of hydrogen-bond donors (Lipinski definition) is 2. The Morgan fingerprint density at radius 3 is 2.31 bits per heavy atom. The van der Waals surface area contributed by atoms with Gasteiger partial charge >= 0.3 is 0 Å². The molecule has 0 aliphatic carbocycles. The van der Waals surface area contributed by atoms with Crippen LogP contribution in [0.4, 0.5) is 0 Å². The molecule has 1 aromatic rings. The fourth-order valence-electron chi connectivity index (χ4n) is 1.32. The number of benzene rings is 1. The van der Waals surface area contributed by atoms with Crippen molar-refractivity contribution in [1.29, 1.82) is 0 Å². The van der Waals surface area contributed by atoms with Gasteiger partial charge in [0.2, 0.25) is 10.0 Å². The summed E-state index contributed by atoms with van der Waals surface area (Å²) < 4.78 is 24.0. The molecule has 4 nitrogen and oxygen atoms in total. The van der Waals surface area contributed by atoms with E-state index in [2.05, 4.69) is 11.6 Å². The molecule has 0 amide bonds. The van der Waals surface area contributed by atoms with Gasteiger partial charge in [-0.1, -0.05) is 31.2 Å². The van der Waals surface area contributed by atoms with E-state index < -0.39 is 16.1 Å². The zero-order chi connectivity index (χ0) is 12.2. The van der Waals surface area contributed by atoms with Crippen molar-refractivity contribution in [3.63, 3.8) is 0 Å². The van der Waals surface area contributed by atoms with E-state index in [1.807, 2.05) is 24.3 Å². The average Bonchev–Trinajstić information content (AvgIpc) is 2.25. The van der Waals surface area contributed by atoms with Crippen LogP contribution in [0.25, 0.3) is 0 Å². The molecular formula is C11H17NO3S. The third-order valence-electron chi connectivity index (χ3n) is 2.31. The van der Waals surface area contributed by atoms with E-state index in [0.29, 0.717) is 5.56 Å². The normalized spacial score (nSPS) is 13.7. The summed E-state index contributed by atoms with van der Waals surface area (Å²) in [6.45, 7) is 2.06. The highest BCUT2D eigenvalue weighted by atomic mass is 32.2. The SMILES string of the molecule is CCc1ccc(C(O)CNS(C)(=O)=O)cc1. The van der Waals surface area contributed by atoms with E-state index in [1.165, 1.54) is 5.56 Å². The number of nitrogens with one attached hydrogen (secondary N) is 1. The van der Waals surface area contributed by atoms with Crippen molar-refractivity contribution < 1.29 is 13.5 Å². The van der Waals surface area contributed by atoms with Gasteiger partial charge in [-0.3, -0.25) is 0 Å². The molecule has 0 aliphatic rings. The first-order valence-electron chi connectivity index (χ1n) is 5.14. The zero-order valence-corrected chi connectivity index (χ0v) is 10.3. The maximum Gasteiger partial charge on any atom is 0.208 e. The summed E-state index contributed by atoms with van der Waals surface area (Å²) in [5, 5.41) is 9.72. The minimum atomic E-state index is -3.25. The predicted molar refractivity (Wildman–Crippen MR) is 63.6 cm³/mol. The van der Waals surface area contributed by atoms with Crippen LogP contribution in [0, 0.1) is 0 Å². The topological polar surface area (TPSA) is 66.4 Å². The first kappa shape index (κ1) is 13.2. The van der Waals surface area contributed by atoms with Gasteiger partial charge in [-0.2, -0.15) is 0 Å². The molecular weight excluding hydrogens is 226 g/mol. The third kappa shape index (κ3) is 4.30. The molecule has 0 saturated heterocycles. The Morgan fingerprint density at radius 1 is 1.31 bits per heavy atom. The van der Waals surface area contributed by atoms with Crippen LogP contribution in [0.2, 0.25) is 0 Å². The summed E-state index contributed by atoms with van der Waals surface area (Å²) in [7, 11) is -3.25. The summed E-state index contributed by atoms with van der Waals surface area (Å²) >= 11 is 0. The molecule has 0 bridgehead atoms. The Morgan fingerprint density at radius 2 is 1.88 bits per heavy atom. The lowest BCUT2D eigenvalue weighted by atomic mass is 10.1. The quantitative estimate of drug-likeness (QED) is 0.805. The Bertz CT molecular complexity index is 425. The van der Waals surface area contributed by atoms with Gasteiger partial charge in [-0.05, 0) is 17.5 Å². The highest BCUT2D eigenvalue weighted by Crippen LogP contribution is 2.13. The van der Waals surface area contributed by atoms with Crippen LogP contribution < -0.4 is 4.72 Å². The minimum Gasteiger partial charge on any atom is -0.387 e. The summed E-state index contributed by atoms with van der Waals surface area (Å²) in [5.74, 6) is 0. The summed E-state index contributed by atoms with van der Waals surface area (Å²) in [6.07, 6.45) is 1.21. The molecule has 5 heteroatoms. The number of aryl methyl sites for hydroxylation is 1. The van der Waals surface area contributed by atoms with Crippen LogP contribution in [0.1, 0.15) is 24.2 Å². The second kappa shape index (κ2) is 5.43. The zero-order valence-electron chi connectivity index (χ0n) is 9.47. The molecule has 0 saturated carbocycles. The van der Waals surface area contributed by atoms with Crippen LogP contribution in [0.5, 0.6) is 0 Å². The van der Waals surface area contributed by atoms with Gasteiger partial charge < -0.3 is 5.11 Å². The second-order valence-electron chi connectivity index (χ2n) is 3.73. The minimum absolute atomic E-state index is 0.00427. The molecule has 2 N–H and O–H groups in total. The van der Waals surface area contributed by atoms with Gasteiger partial charge in [0.05, 0.1) is 12.4 Å².